The van der Waals surface area contributed by atoms with Gasteiger partial charge in [0.05, 0.1) is 0 Å². The number of nitrogens with zero attached hydrogens (tertiary/aromatic N) is 1. The fourth-order valence-electron chi connectivity index (χ4n) is 3.52. The molecule has 2 amide bonds. The molecular weight excluding hydrogens is 430 g/mol. The molecule has 0 aromatic heterocycles. The first-order valence-corrected chi connectivity index (χ1v) is 11.6. The molecule has 0 spiro atoms. The molecule has 0 aliphatic heterocycles. The second kappa shape index (κ2) is 11.9. The second-order valence-corrected chi connectivity index (χ2v) is 8.13. The van der Waals surface area contributed by atoms with Crippen molar-refractivity contribution in [3.8, 4) is 11.1 Å². The smallest absolute Gasteiger partial charge is 0.257 e. The molecule has 0 aliphatic rings. The average Bonchev–Trinajstić information content (AvgIpc) is 2.84. The van der Waals surface area contributed by atoms with Crippen LogP contribution in [-0.4, -0.2) is 34.9 Å². The summed E-state index contributed by atoms with van der Waals surface area (Å²) >= 11 is 5.29. The quantitative estimate of drug-likeness (QED) is 0.422. The van der Waals surface area contributed by atoms with E-state index in [-0.39, 0.29) is 16.9 Å². The summed E-state index contributed by atoms with van der Waals surface area (Å²) in [6.45, 7) is 5.62. The van der Waals surface area contributed by atoms with Gasteiger partial charge in [-0.3, -0.25) is 14.9 Å². The third kappa shape index (κ3) is 6.73. The Hall–Kier alpha value is -3.51. The van der Waals surface area contributed by atoms with Gasteiger partial charge in [-0.15, -0.1) is 0 Å². The summed E-state index contributed by atoms with van der Waals surface area (Å²) in [6.07, 6.45) is 1.85. The van der Waals surface area contributed by atoms with Crippen LogP contribution in [0.25, 0.3) is 11.1 Å². The fourth-order valence-corrected chi connectivity index (χ4v) is 3.73. The maximum absolute atomic E-state index is 12.7. The van der Waals surface area contributed by atoms with E-state index in [0.717, 1.165) is 37.1 Å². The Morgan fingerprint density at radius 1 is 0.758 bits per heavy atom. The lowest BCUT2D eigenvalue weighted by atomic mass is 10.0. The topological polar surface area (TPSA) is 61.4 Å². The van der Waals surface area contributed by atoms with Gasteiger partial charge in [-0.25, -0.2) is 0 Å². The summed E-state index contributed by atoms with van der Waals surface area (Å²) in [5.74, 6) is -0.256. The molecule has 33 heavy (non-hydrogen) atoms. The molecule has 5 nitrogen and oxygen atoms in total. The van der Waals surface area contributed by atoms with Crippen LogP contribution in [0.2, 0.25) is 0 Å². The van der Waals surface area contributed by atoms with E-state index in [4.69, 9.17) is 12.2 Å². The van der Waals surface area contributed by atoms with E-state index in [1.165, 1.54) is 0 Å². The Bertz CT molecular complexity index is 1070. The zero-order valence-corrected chi connectivity index (χ0v) is 19.8. The molecule has 0 unspecified atom stereocenters. The Morgan fingerprint density at radius 2 is 1.30 bits per heavy atom. The molecule has 0 fully saturated rings. The van der Waals surface area contributed by atoms with E-state index in [0.29, 0.717) is 16.8 Å². The number of carbonyl (C=O) groups is 2. The summed E-state index contributed by atoms with van der Waals surface area (Å²) in [5.41, 5.74) is 3.99. The van der Waals surface area contributed by atoms with E-state index >= 15 is 0 Å². The molecule has 6 heteroatoms. The highest BCUT2D eigenvalue weighted by Crippen LogP contribution is 2.19. The van der Waals surface area contributed by atoms with Gasteiger partial charge in [0, 0.05) is 29.9 Å². The number of nitrogens with one attached hydrogen (secondary N) is 2. The van der Waals surface area contributed by atoms with Crippen LogP contribution in [0.15, 0.2) is 78.9 Å². The van der Waals surface area contributed by atoms with Crippen LogP contribution in [-0.2, 0) is 0 Å². The minimum Gasteiger partial charge on any atom is -0.339 e. The van der Waals surface area contributed by atoms with Gasteiger partial charge in [-0.05, 0) is 72.6 Å². The molecule has 0 heterocycles. The van der Waals surface area contributed by atoms with Gasteiger partial charge in [0.15, 0.2) is 5.11 Å². The van der Waals surface area contributed by atoms with Crippen LogP contribution < -0.4 is 10.6 Å². The van der Waals surface area contributed by atoms with Gasteiger partial charge < -0.3 is 10.2 Å². The lowest BCUT2D eigenvalue weighted by Crippen LogP contribution is -2.34. The summed E-state index contributed by atoms with van der Waals surface area (Å²) in [7, 11) is 0. The molecule has 0 atom stereocenters. The zero-order valence-electron chi connectivity index (χ0n) is 19.0. The van der Waals surface area contributed by atoms with Gasteiger partial charge in [0.25, 0.3) is 11.8 Å². The van der Waals surface area contributed by atoms with Crippen LogP contribution in [0.4, 0.5) is 5.69 Å². The molecule has 0 aliphatic carbocycles. The Balaban J connectivity index is 1.57. The summed E-state index contributed by atoms with van der Waals surface area (Å²) < 4.78 is 0. The van der Waals surface area contributed by atoms with Crippen LogP contribution in [0.3, 0.4) is 0 Å². The van der Waals surface area contributed by atoms with Crippen molar-refractivity contribution in [1.82, 2.24) is 10.2 Å². The molecule has 3 aromatic carbocycles. The standard InChI is InChI=1S/C27H29N3O2S/c1-3-18-30(19-4-2)26(32)23-14-16-24(17-15-23)28-27(33)29-25(31)22-12-10-21(11-13-22)20-8-6-5-7-9-20/h5-17H,3-4,18-19H2,1-2H3,(H2,28,29,31,33). The number of carbonyl (C=O) groups excluding carboxylic acids is 2. The predicted molar refractivity (Wildman–Crippen MR) is 138 cm³/mol. The fraction of sp³-hybridized carbons (Fsp3) is 0.222. The lowest BCUT2D eigenvalue weighted by molar-refractivity contribution is 0.0755. The van der Waals surface area contributed by atoms with Crippen molar-refractivity contribution >= 4 is 34.8 Å². The number of thiocarbonyl (C=S) groups is 1. The molecule has 170 valence electrons. The number of amides is 2. The molecule has 0 saturated heterocycles. The Kier molecular flexibility index (Phi) is 8.72. The lowest BCUT2D eigenvalue weighted by Gasteiger charge is -2.21. The minimum absolute atomic E-state index is 0.0279. The zero-order chi connectivity index (χ0) is 23.6. The first-order valence-electron chi connectivity index (χ1n) is 11.2. The van der Waals surface area contributed by atoms with Crippen molar-refractivity contribution in [2.24, 2.45) is 0 Å². The van der Waals surface area contributed by atoms with Gasteiger partial charge in [-0.2, -0.15) is 0 Å². The van der Waals surface area contributed by atoms with E-state index in [9.17, 15) is 9.59 Å². The third-order valence-electron chi connectivity index (χ3n) is 5.15. The number of hydrogen-bond donors (Lipinski definition) is 2. The van der Waals surface area contributed by atoms with E-state index in [1.54, 1.807) is 36.4 Å². The monoisotopic (exact) mass is 459 g/mol. The minimum atomic E-state index is -0.284. The highest BCUT2D eigenvalue weighted by atomic mass is 32.1. The summed E-state index contributed by atoms with van der Waals surface area (Å²) in [4.78, 5) is 27.1. The molecular formula is C27H29N3O2S. The molecule has 2 N–H and O–H groups in total. The second-order valence-electron chi connectivity index (χ2n) is 7.72. The molecule has 0 saturated carbocycles. The van der Waals surface area contributed by atoms with E-state index < -0.39 is 0 Å². The average molecular weight is 460 g/mol. The van der Waals surface area contributed by atoms with E-state index in [1.807, 2.05) is 47.4 Å². The van der Waals surface area contributed by atoms with Crippen LogP contribution in [0.5, 0.6) is 0 Å². The van der Waals surface area contributed by atoms with Crippen LogP contribution in [0.1, 0.15) is 47.4 Å². The van der Waals surface area contributed by atoms with Crippen molar-refractivity contribution in [2.75, 3.05) is 18.4 Å². The molecule has 0 radical (unpaired) electrons. The number of benzene rings is 3. The number of rotatable bonds is 8. The highest BCUT2D eigenvalue weighted by molar-refractivity contribution is 7.80. The van der Waals surface area contributed by atoms with E-state index in [2.05, 4.69) is 24.5 Å². The molecule has 3 aromatic rings. The van der Waals surface area contributed by atoms with Gasteiger partial charge in [0.2, 0.25) is 0 Å². The van der Waals surface area contributed by atoms with Crippen LogP contribution in [0, 0.1) is 0 Å². The van der Waals surface area contributed by atoms with Crippen molar-refractivity contribution in [3.05, 3.63) is 90.0 Å². The number of hydrogen-bond acceptors (Lipinski definition) is 3. The van der Waals surface area contributed by atoms with Gasteiger partial charge in [-0.1, -0.05) is 56.3 Å². The Morgan fingerprint density at radius 3 is 1.88 bits per heavy atom. The van der Waals surface area contributed by atoms with Crippen molar-refractivity contribution in [2.45, 2.75) is 26.7 Å². The van der Waals surface area contributed by atoms with Gasteiger partial charge in [0.1, 0.15) is 0 Å². The Labute approximate surface area is 200 Å². The summed E-state index contributed by atoms with van der Waals surface area (Å²) in [6, 6.07) is 24.5. The number of anilines is 1. The maximum atomic E-state index is 12.7. The maximum Gasteiger partial charge on any atom is 0.257 e. The largest absolute Gasteiger partial charge is 0.339 e. The van der Waals surface area contributed by atoms with Gasteiger partial charge >= 0.3 is 0 Å². The SMILES string of the molecule is CCCN(CCC)C(=O)c1ccc(NC(=S)NC(=O)c2ccc(-c3ccccc3)cc2)cc1. The first-order chi connectivity index (χ1) is 16.0. The normalized spacial score (nSPS) is 10.4. The van der Waals surface area contributed by atoms with Crippen molar-refractivity contribution in [3.63, 3.8) is 0 Å². The first kappa shape index (κ1) is 24.1. The summed E-state index contributed by atoms with van der Waals surface area (Å²) in [5, 5.41) is 5.90. The highest BCUT2D eigenvalue weighted by Gasteiger charge is 2.14. The van der Waals surface area contributed by atoms with Crippen molar-refractivity contribution in [1.29, 1.82) is 0 Å². The van der Waals surface area contributed by atoms with Crippen molar-refractivity contribution < 1.29 is 9.59 Å². The van der Waals surface area contributed by atoms with Crippen LogP contribution >= 0.6 is 12.2 Å². The molecule has 0 bridgehead atoms. The molecule has 3 rings (SSSR count). The third-order valence-corrected chi connectivity index (χ3v) is 5.35. The predicted octanol–water partition coefficient (Wildman–Crippen LogP) is 5.74.